The Balaban J connectivity index is 2.61. The second kappa shape index (κ2) is 3.13. The molecule has 0 aromatic heterocycles. The Kier molecular flexibility index (Phi) is 2.13. The molecule has 0 amide bonds. The lowest BCUT2D eigenvalue weighted by molar-refractivity contribution is 0.360. The number of ether oxygens (including phenoxy) is 1. The van der Waals surface area contributed by atoms with Crippen molar-refractivity contribution in [2.45, 2.75) is 0 Å². The molecule has 46 valence electrons. The maximum Gasteiger partial charge on any atom is 0.127 e. The van der Waals surface area contributed by atoms with Gasteiger partial charge in [-0.2, -0.15) is 0 Å². The molecule has 1 nitrogen and oxygen atoms in total. The van der Waals surface area contributed by atoms with Crippen LogP contribution in [0.15, 0.2) is 24.3 Å². The van der Waals surface area contributed by atoms with E-state index in [1.54, 1.807) is 0 Å². The van der Waals surface area contributed by atoms with Crippen molar-refractivity contribution in [2.75, 3.05) is 6.61 Å². The van der Waals surface area contributed by atoms with Gasteiger partial charge in [-0.1, -0.05) is 18.2 Å². The summed E-state index contributed by atoms with van der Waals surface area (Å²) in [4.78, 5) is 0. The molecule has 0 atom stereocenters. The van der Waals surface area contributed by atoms with Crippen molar-refractivity contribution in [3.05, 3.63) is 37.3 Å². The van der Waals surface area contributed by atoms with E-state index in [-0.39, 0.29) is 0 Å². The second-order valence-corrected chi connectivity index (χ2v) is 1.58. The van der Waals surface area contributed by atoms with Crippen LogP contribution in [0.3, 0.4) is 0 Å². The molecular formula is C8H8O. The molecule has 1 aromatic carbocycles. The molecule has 0 saturated carbocycles. The molecule has 0 aliphatic rings. The first-order valence-electron chi connectivity index (χ1n) is 2.82. The molecule has 0 fully saturated rings. The molecule has 0 N–H and O–H groups in total. The van der Waals surface area contributed by atoms with Gasteiger partial charge in [0.05, 0.1) is 6.61 Å². The van der Waals surface area contributed by atoms with Crippen molar-refractivity contribution < 1.29 is 4.74 Å². The lowest BCUT2D eigenvalue weighted by Crippen LogP contribution is -1.90. The summed E-state index contributed by atoms with van der Waals surface area (Å²) >= 11 is 0. The van der Waals surface area contributed by atoms with Gasteiger partial charge in [0, 0.05) is 6.07 Å². The zero-order chi connectivity index (χ0) is 6.53. The van der Waals surface area contributed by atoms with Gasteiger partial charge in [-0.05, 0) is 13.0 Å². The fourth-order valence-electron chi connectivity index (χ4n) is 0.577. The van der Waals surface area contributed by atoms with Crippen molar-refractivity contribution in [3.8, 4) is 5.75 Å². The van der Waals surface area contributed by atoms with Crippen LogP contribution in [0.25, 0.3) is 0 Å². The molecule has 2 radical (unpaired) electrons. The topological polar surface area (TPSA) is 9.23 Å². The highest BCUT2D eigenvalue weighted by Gasteiger charge is 1.84. The van der Waals surface area contributed by atoms with Gasteiger partial charge in [-0.3, -0.25) is 0 Å². The summed E-state index contributed by atoms with van der Waals surface area (Å²) in [7, 11) is 0. The van der Waals surface area contributed by atoms with Gasteiger partial charge in [-0.15, -0.1) is 0 Å². The number of benzene rings is 1. The van der Waals surface area contributed by atoms with Crippen LogP contribution in [-0.2, 0) is 0 Å². The van der Waals surface area contributed by atoms with Crippen molar-refractivity contribution in [1.82, 2.24) is 0 Å². The molecule has 1 rings (SSSR count). The van der Waals surface area contributed by atoms with Crippen molar-refractivity contribution in [3.63, 3.8) is 0 Å². The summed E-state index contributed by atoms with van der Waals surface area (Å²) in [5, 5.41) is 0. The molecular weight excluding hydrogens is 112 g/mol. The van der Waals surface area contributed by atoms with Crippen LogP contribution in [0.2, 0.25) is 0 Å². The van der Waals surface area contributed by atoms with Crippen LogP contribution in [0.4, 0.5) is 0 Å². The molecule has 0 aliphatic heterocycles. The summed E-state index contributed by atoms with van der Waals surface area (Å²) in [6.45, 7) is 4.00. The summed E-state index contributed by atoms with van der Waals surface area (Å²) in [6.07, 6.45) is 0. The van der Waals surface area contributed by atoms with Crippen molar-refractivity contribution in [1.29, 1.82) is 0 Å². The minimum atomic E-state index is 0.459. The largest absolute Gasteiger partial charge is 0.493 e. The first-order valence-corrected chi connectivity index (χ1v) is 2.82. The van der Waals surface area contributed by atoms with E-state index in [0.717, 1.165) is 5.75 Å². The third-order valence-electron chi connectivity index (χ3n) is 0.938. The van der Waals surface area contributed by atoms with Gasteiger partial charge in [0.2, 0.25) is 0 Å². The van der Waals surface area contributed by atoms with E-state index in [9.17, 15) is 0 Å². The molecule has 0 unspecified atom stereocenters. The zero-order valence-corrected chi connectivity index (χ0v) is 5.13. The Morgan fingerprint density at radius 1 is 1.56 bits per heavy atom. The van der Waals surface area contributed by atoms with Crippen LogP contribution in [0.5, 0.6) is 5.75 Å². The van der Waals surface area contributed by atoms with Gasteiger partial charge in [0.15, 0.2) is 0 Å². The fourth-order valence-corrected chi connectivity index (χ4v) is 0.577. The number of hydrogen-bond acceptors (Lipinski definition) is 1. The molecule has 1 aromatic rings. The van der Waals surface area contributed by atoms with Crippen LogP contribution in [0.1, 0.15) is 0 Å². The SMILES string of the molecule is [CH2]COc1[c]cccc1. The lowest BCUT2D eigenvalue weighted by atomic mass is 10.3. The Labute approximate surface area is 55.3 Å². The van der Waals surface area contributed by atoms with E-state index < -0.39 is 0 Å². The second-order valence-electron chi connectivity index (χ2n) is 1.58. The summed E-state index contributed by atoms with van der Waals surface area (Å²) < 4.78 is 5.04. The van der Waals surface area contributed by atoms with Crippen LogP contribution in [0, 0.1) is 13.0 Å². The van der Waals surface area contributed by atoms with Crippen LogP contribution < -0.4 is 4.74 Å². The van der Waals surface area contributed by atoms with Crippen LogP contribution >= 0.6 is 0 Å². The zero-order valence-electron chi connectivity index (χ0n) is 5.13. The van der Waals surface area contributed by atoms with Gasteiger partial charge in [0.25, 0.3) is 0 Å². The number of hydrogen-bond donors (Lipinski definition) is 0. The Morgan fingerprint density at radius 2 is 2.44 bits per heavy atom. The van der Waals surface area contributed by atoms with E-state index in [0.29, 0.717) is 6.61 Å². The predicted molar refractivity (Wildman–Crippen MR) is 36.1 cm³/mol. The number of para-hydroxylation sites is 1. The minimum Gasteiger partial charge on any atom is -0.493 e. The molecule has 0 heterocycles. The highest BCUT2D eigenvalue weighted by atomic mass is 16.5. The van der Waals surface area contributed by atoms with E-state index in [1.165, 1.54) is 0 Å². The van der Waals surface area contributed by atoms with Gasteiger partial charge in [0.1, 0.15) is 5.75 Å². The van der Waals surface area contributed by atoms with Crippen molar-refractivity contribution >= 4 is 0 Å². The Hall–Kier alpha value is -0.980. The summed E-state index contributed by atoms with van der Waals surface area (Å²) in [5.74, 6) is 0.757. The molecule has 0 spiro atoms. The molecule has 0 bridgehead atoms. The quantitative estimate of drug-likeness (QED) is 0.577. The van der Waals surface area contributed by atoms with Crippen LogP contribution in [-0.4, -0.2) is 6.61 Å². The normalized spacial score (nSPS) is 9.00. The van der Waals surface area contributed by atoms with E-state index >= 15 is 0 Å². The monoisotopic (exact) mass is 120 g/mol. The minimum absolute atomic E-state index is 0.459. The molecule has 0 aliphatic carbocycles. The van der Waals surface area contributed by atoms with E-state index in [2.05, 4.69) is 13.0 Å². The highest BCUT2D eigenvalue weighted by molar-refractivity contribution is 5.19. The van der Waals surface area contributed by atoms with Crippen molar-refractivity contribution in [2.24, 2.45) is 0 Å². The Bertz CT molecular complexity index is 157. The van der Waals surface area contributed by atoms with E-state index in [4.69, 9.17) is 4.74 Å². The Morgan fingerprint density at radius 3 is 3.00 bits per heavy atom. The lowest BCUT2D eigenvalue weighted by Gasteiger charge is -1.98. The molecule has 9 heavy (non-hydrogen) atoms. The first-order chi connectivity index (χ1) is 4.43. The third-order valence-corrected chi connectivity index (χ3v) is 0.938. The van der Waals surface area contributed by atoms with E-state index in [1.807, 2.05) is 24.3 Å². The maximum atomic E-state index is 5.04. The average Bonchev–Trinajstić information content (AvgIpc) is 1.91. The van der Waals surface area contributed by atoms with Gasteiger partial charge >= 0.3 is 0 Å². The summed E-state index contributed by atoms with van der Waals surface area (Å²) in [5.41, 5.74) is 0. The molecule has 0 saturated heterocycles. The number of rotatable bonds is 2. The maximum absolute atomic E-state index is 5.04. The van der Waals surface area contributed by atoms with Gasteiger partial charge in [-0.25, -0.2) is 0 Å². The van der Waals surface area contributed by atoms with Gasteiger partial charge < -0.3 is 4.74 Å². The first kappa shape index (κ1) is 6.14. The summed E-state index contributed by atoms with van der Waals surface area (Å²) in [6, 6.07) is 10.4. The smallest absolute Gasteiger partial charge is 0.127 e. The molecule has 1 heteroatoms. The average molecular weight is 120 g/mol. The highest BCUT2D eigenvalue weighted by Crippen LogP contribution is 2.05. The third kappa shape index (κ3) is 1.76. The predicted octanol–water partition coefficient (Wildman–Crippen LogP) is 1.70. The standard InChI is InChI=1S/C8H8O/c1-2-9-8-6-4-3-5-7-8/h3-6H,1-2H2. The fraction of sp³-hybridized carbons (Fsp3) is 0.125.